The Kier molecular flexibility index (Phi) is 5.26. The van der Waals surface area contributed by atoms with Crippen LogP contribution >= 0.6 is 0 Å². The van der Waals surface area contributed by atoms with E-state index in [2.05, 4.69) is 15.3 Å². The SMILES string of the molecule is CC[C@H](C)NC(=O)COC(=O)c1ccc2nc(C)c(C)nc2c1. The monoisotopic (exact) mass is 315 g/mol. The van der Waals surface area contributed by atoms with Crippen molar-refractivity contribution in [3.8, 4) is 0 Å². The Balaban J connectivity index is 2.06. The molecule has 1 heterocycles. The van der Waals surface area contributed by atoms with Gasteiger partial charge in [0, 0.05) is 6.04 Å². The highest BCUT2D eigenvalue weighted by Crippen LogP contribution is 2.15. The van der Waals surface area contributed by atoms with Crippen molar-refractivity contribution in [3.05, 3.63) is 35.2 Å². The minimum absolute atomic E-state index is 0.0587. The van der Waals surface area contributed by atoms with Crippen LogP contribution in [0.5, 0.6) is 0 Å². The summed E-state index contributed by atoms with van der Waals surface area (Å²) in [7, 11) is 0. The predicted molar refractivity (Wildman–Crippen MR) is 87.2 cm³/mol. The number of fused-ring (bicyclic) bond motifs is 1. The minimum atomic E-state index is -0.550. The first-order valence-electron chi connectivity index (χ1n) is 7.62. The van der Waals surface area contributed by atoms with Gasteiger partial charge in [-0.05, 0) is 45.4 Å². The molecule has 23 heavy (non-hydrogen) atoms. The van der Waals surface area contributed by atoms with Gasteiger partial charge < -0.3 is 10.1 Å². The molecule has 2 aromatic rings. The van der Waals surface area contributed by atoms with E-state index in [4.69, 9.17) is 4.74 Å². The molecule has 0 unspecified atom stereocenters. The van der Waals surface area contributed by atoms with E-state index in [1.165, 1.54) is 0 Å². The van der Waals surface area contributed by atoms with Crippen LogP contribution < -0.4 is 5.32 Å². The molecule has 0 aliphatic rings. The van der Waals surface area contributed by atoms with Crippen LogP contribution in [0.2, 0.25) is 0 Å². The lowest BCUT2D eigenvalue weighted by Gasteiger charge is -2.11. The molecule has 6 heteroatoms. The number of hydrogen-bond donors (Lipinski definition) is 1. The number of esters is 1. The summed E-state index contributed by atoms with van der Waals surface area (Å²) in [5.41, 5.74) is 3.38. The van der Waals surface area contributed by atoms with Crippen LogP contribution in [-0.2, 0) is 9.53 Å². The number of benzene rings is 1. The summed E-state index contributed by atoms with van der Waals surface area (Å²) in [6.07, 6.45) is 0.821. The number of hydrogen-bond acceptors (Lipinski definition) is 5. The third-order valence-corrected chi connectivity index (χ3v) is 3.67. The van der Waals surface area contributed by atoms with Crippen LogP contribution in [0.15, 0.2) is 18.2 Å². The van der Waals surface area contributed by atoms with E-state index in [0.29, 0.717) is 11.1 Å². The van der Waals surface area contributed by atoms with Crippen LogP contribution in [0, 0.1) is 13.8 Å². The molecule has 0 bridgehead atoms. The van der Waals surface area contributed by atoms with Crippen molar-refractivity contribution in [2.75, 3.05) is 6.61 Å². The average Bonchev–Trinajstić information content (AvgIpc) is 2.53. The molecule has 0 saturated heterocycles. The molecule has 0 fully saturated rings. The van der Waals surface area contributed by atoms with Gasteiger partial charge in [0.15, 0.2) is 6.61 Å². The number of rotatable bonds is 5. The maximum absolute atomic E-state index is 12.0. The third-order valence-electron chi connectivity index (χ3n) is 3.67. The molecule has 1 aromatic carbocycles. The van der Waals surface area contributed by atoms with E-state index in [1.54, 1.807) is 18.2 Å². The molecule has 0 aliphatic carbocycles. The number of amides is 1. The van der Waals surface area contributed by atoms with Crippen LogP contribution in [0.1, 0.15) is 42.0 Å². The van der Waals surface area contributed by atoms with Gasteiger partial charge in [0.25, 0.3) is 5.91 Å². The summed E-state index contributed by atoms with van der Waals surface area (Å²) in [4.78, 5) is 32.5. The van der Waals surface area contributed by atoms with Gasteiger partial charge in [-0.15, -0.1) is 0 Å². The molecule has 0 spiro atoms. The zero-order valence-corrected chi connectivity index (χ0v) is 13.8. The van der Waals surface area contributed by atoms with E-state index in [9.17, 15) is 9.59 Å². The molecule has 1 atom stereocenters. The highest BCUT2D eigenvalue weighted by molar-refractivity contribution is 5.94. The first kappa shape index (κ1) is 16.9. The molecular formula is C17H21N3O3. The van der Waals surface area contributed by atoms with E-state index >= 15 is 0 Å². The van der Waals surface area contributed by atoms with Crippen molar-refractivity contribution < 1.29 is 14.3 Å². The Morgan fingerprint density at radius 1 is 1.17 bits per heavy atom. The van der Waals surface area contributed by atoms with Crippen molar-refractivity contribution >= 4 is 22.9 Å². The van der Waals surface area contributed by atoms with E-state index in [1.807, 2.05) is 27.7 Å². The Bertz CT molecular complexity index is 743. The molecular weight excluding hydrogens is 294 g/mol. The Morgan fingerprint density at radius 3 is 2.48 bits per heavy atom. The molecule has 1 N–H and O–H groups in total. The molecule has 2 rings (SSSR count). The Morgan fingerprint density at radius 2 is 1.83 bits per heavy atom. The van der Waals surface area contributed by atoms with Gasteiger partial charge in [-0.25, -0.2) is 14.8 Å². The topological polar surface area (TPSA) is 81.2 Å². The summed E-state index contributed by atoms with van der Waals surface area (Å²) < 4.78 is 5.04. The number of nitrogens with zero attached hydrogens (tertiary/aromatic N) is 2. The molecule has 1 aromatic heterocycles. The summed E-state index contributed by atoms with van der Waals surface area (Å²) in [6, 6.07) is 5.04. The lowest BCUT2D eigenvalue weighted by atomic mass is 10.2. The second-order valence-electron chi connectivity index (χ2n) is 5.55. The fraction of sp³-hybridized carbons (Fsp3) is 0.412. The van der Waals surface area contributed by atoms with Crippen molar-refractivity contribution in [3.63, 3.8) is 0 Å². The van der Waals surface area contributed by atoms with Crippen molar-refractivity contribution in [1.29, 1.82) is 0 Å². The van der Waals surface area contributed by atoms with Crippen LogP contribution in [-0.4, -0.2) is 34.5 Å². The quantitative estimate of drug-likeness (QED) is 0.856. The molecule has 122 valence electrons. The molecule has 0 radical (unpaired) electrons. The van der Waals surface area contributed by atoms with Crippen LogP contribution in [0.25, 0.3) is 11.0 Å². The number of carbonyl (C=O) groups is 2. The van der Waals surface area contributed by atoms with Gasteiger partial charge in [-0.2, -0.15) is 0 Å². The summed E-state index contributed by atoms with van der Waals surface area (Å²) >= 11 is 0. The smallest absolute Gasteiger partial charge is 0.338 e. The van der Waals surface area contributed by atoms with Crippen molar-refractivity contribution in [2.24, 2.45) is 0 Å². The first-order valence-corrected chi connectivity index (χ1v) is 7.62. The highest BCUT2D eigenvalue weighted by Gasteiger charge is 2.13. The van der Waals surface area contributed by atoms with Gasteiger partial charge in [0.2, 0.25) is 0 Å². The largest absolute Gasteiger partial charge is 0.452 e. The Hall–Kier alpha value is -2.50. The normalized spacial score (nSPS) is 12.0. The highest BCUT2D eigenvalue weighted by atomic mass is 16.5. The Labute approximate surface area is 135 Å². The van der Waals surface area contributed by atoms with Gasteiger partial charge in [0.05, 0.1) is 28.0 Å². The van der Waals surface area contributed by atoms with E-state index in [-0.39, 0.29) is 18.6 Å². The van der Waals surface area contributed by atoms with Crippen molar-refractivity contribution in [2.45, 2.75) is 40.2 Å². The fourth-order valence-corrected chi connectivity index (χ4v) is 1.99. The fourth-order valence-electron chi connectivity index (χ4n) is 1.99. The molecule has 0 aliphatic heterocycles. The van der Waals surface area contributed by atoms with E-state index in [0.717, 1.165) is 23.3 Å². The second-order valence-corrected chi connectivity index (χ2v) is 5.55. The van der Waals surface area contributed by atoms with Crippen LogP contribution in [0.4, 0.5) is 0 Å². The number of nitrogens with one attached hydrogen (secondary N) is 1. The molecule has 6 nitrogen and oxygen atoms in total. The van der Waals surface area contributed by atoms with Crippen molar-refractivity contribution in [1.82, 2.24) is 15.3 Å². The maximum Gasteiger partial charge on any atom is 0.338 e. The first-order chi connectivity index (χ1) is 10.9. The van der Waals surface area contributed by atoms with Gasteiger partial charge >= 0.3 is 5.97 Å². The number of carbonyl (C=O) groups excluding carboxylic acids is 2. The average molecular weight is 315 g/mol. The number of aryl methyl sites for hydroxylation is 2. The summed E-state index contributed by atoms with van der Waals surface area (Å²) in [5, 5.41) is 2.74. The standard InChI is InChI=1S/C17H21N3O3/c1-5-10(2)18-16(21)9-23-17(22)13-6-7-14-15(8-13)20-12(4)11(3)19-14/h6-8,10H,5,9H2,1-4H3,(H,18,21)/t10-/m0/s1. The minimum Gasteiger partial charge on any atom is -0.452 e. The lowest BCUT2D eigenvalue weighted by molar-refractivity contribution is -0.124. The molecule has 0 saturated carbocycles. The third kappa shape index (κ3) is 4.25. The lowest BCUT2D eigenvalue weighted by Crippen LogP contribution is -2.35. The maximum atomic E-state index is 12.0. The van der Waals surface area contributed by atoms with E-state index < -0.39 is 5.97 Å². The summed E-state index contributed by atoms with van der Waals surface area (Å²) in [5.74, 6) is -0.856. The van der Waals surface area contributed by atoms with Crippen LogP contribution in [0.3, 0.4) is 0 Å². The number of ether oxygens (including phenoxy) is 1. The van der Waals surface area contributed by atoms with Gasteiger partial charge in [0.1, 0.15) is 0 Å². The van der Waals surface area contributed by atoms with Gasteiger partial charge in [-0.3, -0.25) is 4.79 Å². The van der Waals surface area contributed by atoms with Gasteiger partial charge in [-0.1, -0.05) is 6.92 Å². The summed E-state index contributed by atoms with van der Waals surface area (Å²) in [6.45, 7) is 7.33. The zero-order chi connectivity index (χ0) is 17.0. The predicted octanol–water partition coefficient (Wildman–Crippen LogP) is 2.32. The second kappa shape index (κ2) is 7.17. The zero-order valence-electron chi connectivity index (χ0n) is 13.8. The number of aromatic nitrogens is 2. The molecule has 1 amide bonds.